The second kappa shape index (κ2) is 5.64. The molecule has 1 atom stereocenters. The molecule has 0 radical (unpaired) electrons. The van der Waals surface area contributed by atoms with Gasteiger partial charge in [-0.2, -0.15) is 0 Å². The Kier molecular flexibility index (Phi) is 5.34. The molecule has 0 saturated heterocycles. The molecule has 50 valence electrons. The molecule has 0 bridgehead atoms. The number of hydrogen-bond acceptors (Lipinski definition) is 2. The van der Waals surface area contributed by atoms with Gasteiger partial charge in [-0.1, -0.05) is 5.92 Å². The van der Waals surface area contributed by atoms with Gasteiger partial charge in [0.15, 0.2) is 0 Å². The summed E-state index contributed by atoms with van der Waals surface area (Å²) in [5.74, 6) is 2.87. The SMILES string of the molecule is CC(C#CBr)COC=O. The van der Waals surface area contributed by atoms with E-state index in [1.165, 1.54) is 0 Å². The predicted molar refractivity (Wildman–Crippen MR) is 37.9 cm³/mol. The highest BCUT2D eigenvalue weighted by Crippen LogP contribution is 1.91. The average Bonchev–Trinajstić information content (AvgIpc) is 1.85. The number of ether oxygens (including phenoxy) is 1. The van der Waals surface area contributed by atoms with Gasteiger partial charge in [-0.15, -0.1) is 0 Å². The smallest absolute Gasteiger partial charge is 0.293 e. The van der Waals surface area contributed by atoms with E-state index in [1.807, 2.05) is 6.92 Å². The molecule has 0 saturated carbocycles. The van der Waals surface area contributed by atoms with Crippen LogP contribution in [0.5, 0.6) is 0 Å². The third-order valence-corrected chi connectivity index (χ3v) is 0.944. The van der Waals surface area contributed by atoms with Gasteiger partial charge in [-0.25, -0.2) is 0 Å². The van der Waals surface area contributed by atoms with E-state index >= 15 is 0 Å². The van der Waals surface area contributed by atoms with Crippen molar-refractivity contribution in [3.8, 4) is 10.8 Å². The van der Waals surface area contributed by atoms with Gasteiger partial charge in [-0.3, -0.25) is 4.79 Å². The van der Waals surface area contributed by atoms with Crippen LogP contribution in [0.25, 0.3) is 0 Å². The van der Waals surface area contributed by atoms with Crippen LogP contribution >= 0.6 is 15.9 Å². The van der Waals surface area contributed by atoms with Gasteiger partial charge >= 0.3 is 0 Å². The second-order valence-electron chi connectivity index (χ2n) is 1.57. The van der Waals surface area contributed by atoms with Gasteiger partial charge in [0.2, 0.25) is 0 Å². The molecule has 1 unspecified atom stereocenters. The molecule has 0 spiro atoms. The molecule has 0 heterocycles. The number of carbonyl (C=O) groups is 1. The minimum Gasteiger partial charge on any atom is -0.467 e. The third kappa shape index (κ3) is 5.38. The van der Waals surface area contributed by atoms with Gasteiger partial charge in [0, 0.05) is 15.9 Å². The molecule has 0 rings (SSSR count). The van der Waals surface area contributed by atoms with Gasteiger partial charge in [0.1, 0.15) is 6.61 Å². The normalized spacial score (nSPS) is 10.9. The lowest BCUT2D eigenvalue weighted by Crippen LogP contribution is -2.01. The fraction of sp³-hybridized carbons (Fsp3) is 0.500. The largest absolute Gasteiger partial charge is 0.467 e. The minimum absolute atomic E-state index is 0.106. The van der Waals surface area contributed by atoms with Crippen molar-refractivity contribution in [3.63, 3.8) is 0 Å². The van der Waals surface area contributed by atoms with Crippen LogP contribution in [-0.2, 0) is 9.53 Å². The Morgan fingerprint density at radius 1 is 1.89 bits per heavy atom. The van der Waals surface area contributed by atoms with E-state index in [4.69, 9.17) is 0 Å². The molecule has 0 aromatic rings. The van der Waals surface area contributed by atoms with Crippen molar-refractivity contribution in [2.45, 2.75) is 6.92 Å². The van der Waals surface area contributed by atoms with Crippen LogP contribution in [-0.4, -0.2) is 13.1 Å². The zero-order valence-electron chi connectivity index (χ0n) is 5.06. The predicted octanol–water partition coefficient (Wildman–Crippen LogP) is 1.15. The van der Waals surface area contributed by atoms with Crippen molar-refractivity contribution in [2.75, 3.05) is 6.61 Å². The van der Waals surface area contributed by atoms with E-state index in [0.29, 0.717) is 13.1 Å². The molecule has 0 fully saturated rings. The van der Waals surface area contributed by atoms with Crippen LogP contribution in [0, 0.1) is 16.7 Å². The van der Waals surface area contributed by atoms with Crippen LogP contribution in [0.4, 0.5) is 0 Å². The van der Waals surface area contributed by atoms with Crippen molar-refractivity contribution in [1.29, 1.82) is 0 Å². The van der Waals surface area contributed by atoms with E-state index in [1.54, 1.807) is 0 Å². The summed E-state index contributed by atoms with van der Waals surface area (Å²) in [5, 5.41) is 0. The first kappa shape index (κ1) is 8.51. The second-order valence-corrected chi connectivity index (χ2v) is 1.97. The maximum absolute atomic E-state index is 9.63. The molecule has 0 aliphatic heterocycles. The fourth-order valence-electron chi connectivity index (χ4n) is 0.318. The summed E-state index contributed by atoms with van der Waals surface area (Å²) in [5.41, 5.74) is 0. The fourth-order valence-corrected chi connectivity index (χ4v) is 0.709. The molecular formula is C6H7BrO2. The van der Waals surface area contributed by atoms with Gasteiger partial charge in [0.05, 0.1) is 5.92 Å². The molecule has 0 aliphatic carbocycles. The van der Waals surface area contributed by atoms with Gasteiger partial charge in [-0.05, 0) is 11.8 Å². The van der Waals surface area contributed by atoms with E-state index in [0.717, 1.165) is 0 Å². The Labute approximate surface area is 62.7 Å². The first-order valence-corrected chi connectivity index (χ1v) is 3.27. The molecule has 9 heavy (non-hydrogen) atoms. The van der Waals surface area contributed by atoms with E-state index < -0.39 is 0 Å². The number of rotatable bonds is 3. The van der Waals surface area contributed by atoms with Crippen molar-refractivity contribution < 1.29 is 9.53 Å². The number of halogens is 1. The Morgan fingerprint density at radius 3 is 3.00 bits per heavy atom. The first-order chi connectivity index (χ1) is 4.31. The molecule has 0 aromatic heterocycles. The summed E-state index contributed by atoms with van der Waals surface area (Å²) in [7, 11) is 0. The molecule has 2 nitrogen and oxygen atoms in total. The molecule has 0 aliphatic rings. The first-order valence-electron chi connectivity index (χ1n) is 2.47. The minimum atomic E-state index is 0.106. The highest BCUT2D eigenvalue weighted by atomic mass is 79.9. The standard InChI is InChI=1S/C6H7BrO2/c1-6(2-3-7)4-9-5-8/h5-6H,4H2,1H3. The quantitative estimate of drug-likeness (QED) is 0.494. The zero-order valence-corrected chi connectivity index (χ0v) is 6.64. The summed E-state index contributed by atoms with van der Waals surface area (Å²) in [4.78, 5) is 12.2. The van der Waals surface area contributed by atoms with E-state index in [2.05, 4.69) is 31.4 Å². The van der Waals surface area contributed by atoms with Crippen LogP contribution in [0.1, 0.15) is 6.92 Å². The molecular weight excluding hydrogens is 184 g/mol. The summed E-state index contributed by atoms with van der Waals surface area (Å²) in [6, 6.07) is 0. The monoisotopic (exact) mass is 190 g/mol. The Morgan fingerprint density at radius 2 is 2.56 bits per heavy atom. The average molecular weight is 191 g/mol. The van der Waals surface area contributed by atoms with Crippen molar-refractivity contribution >= 4 is 22.4 Å². The zero-order chi connectivity index (χ0) is 7.11. The van der Waals surface area contributed by atoms with Crippen LogP contribution in [0.2, 0.25) is 0 Å². The van der Waals surface area contributed by atoms with Crippen LogP contribution < -0.4 is 0 Å². The van der Waals surface area contributed by atoms with E-state index in [-0.39, 0.29) is 5.92 Å². The summed E-state index contributed by atoms with van der Waals surface area (Å²) in [6.45, 7) is 2.66. The van der Waals surface area contributed by atoms with Crippen molar-refractivity contribution in [2.24, 2.45) is 5.92 Å². The maximum Gasteiger partial charge on any atom is 0.293 e. The summed E-state index contributed by atoms with van der Waals surface area (Å²) < 4.78 is 4.44. The topological polar surface area (TPSA) is 26.3 Å². The molecule has 0 aromatic carbocycles. The summed E-state index contributed by atoms with van der Waals surface area (Å²) in [6.07, 6.45) is 0. The van der Waals surface area contributed by atoms with Gasteiger partial charge < -0.3 is 4.74 Å². The van der Waals surface area contributed by atoms with Crippen molar-refractivity contribution in [3.05, 3.63) is 0 Å². The highest BCUT2D eigenvalue weighted by Gasteiger charge is 1.93. The maximum atomic E-state index is 9.63. The highest BCUT2D eigenvalue weighted by molar-refractivity contribution is 9.12. The number of hydrogen-bond donors (Lipinski definition) is 0. The van der Waals surface area contributed by atoms with Crippen LogP contribution in [0.3, 0.4) is 0 Å². The number of carbonyl (C=O) groups excluding carboxylic acids is 1. The van der Waals surface area contributed by atoms with Crippen LogP contribution in [0.15, 0.2) is 0 Å². The Hall–Kier alpha value is -0.490. The van der Waals surface area contributed by atoms with Crippen molar-refractivity contribution in [1.82, 2.24) is 0 Å². The Balaban J connectivity index is 3.33. The third-order valence-electron chi connectivity index (χ3n) is 0.715. The van der Waals surface area contributed by atoms with E-state index in [9.17, 15) is 4.79 Å². The summed E-state index contributed by atoms with van der Waals surface area (Å²) >= 11 is 2.94. The molecule has 0 N–H and O–H groups in total. The van der Waals surface area contributed by atoms with Gasteiger partial charge in [0.25, 0.3) is 6.47 Å². The lowest BCUT2D eigenvalue weighted by molar-refractivity contribution is -0.129. The lowest BCUT2D eigenvalue weighted by atomic mass is 10.2. The Bertz CT molecular complexity index is 134. The lowest BCUT2D eigenvalue weighted by Gasteiger charge is -1.98. The molecule has 0 amide bonds. The molecule has 3 heteroatoms.